The van der Waals surface area contributed by atoms with Crippen LogP contribution in [0.2, 0.25) is 0 Å². The van der Waals surface area contributed by atoms with Gasteiger partial charge >= 0.3 is 0 Å². The molecule has 0 aliphatic heterocycles. The lowest BCUT2D eigenvalue weighted by atomic mass is 10.00. The molecule has 0 spiro atoms. The van der Waals surface area contributed by atoms with E-state index in [0.717, 1.165) is 0 Å². The summed E-state index contributed by atoms with van der Waals surface area (Å²) < 4.78 is 0. The van der Waals surface area contributed by atoms with Crippen LogP contribution in [-0.4, -0.2) is 36.1 Å². The van der Waals surface area contributed by atoms with Crippen LogP contribution in [0.5, 0.6) is 0 Å². The van der Waals surface area contributed by atoms with Gasteiger partial charge in [0.1, 0.15) is 0 Å². The molecule has 0 radical (unpaired) electrons. The number of para-hydroxylation sites is 1. The number of benzene rings is 1. The molecule has 0 saturated carbocycles. The van der Waals surface area contributed by atoms with Gasteiger partial charge in [-0.1, -0.05) is 12.1 Å². The number of hydrogen-bond donors (Lipinski definition) is 2. The summed E-state index contributed by atoms with van der Waals surface area (Å²) in [6.07, 6.45) is 0.462. The normalized spacial score (nSPS) is 11.1. The van der Waals surface area contributed by atoms with Gasteiger partial charge in [0.05, 0.1) is 11.3 Å². The molecule has 1 aromatic carbocycles. The smallest absolute Gasteiger partial charge is 0.253 e. The number of rotatable bonds is 5. The van der Waals surface area contributed by atoms with Gasteiger partial charge in [-0.25, -0.2) is 0 Å². The molecule has 0 bridgehead atoms. The number of aliphatic hydroxyl groups excluding tert-OH is 1. The van der Waals surface area contributed by atoms with E-state index in [1.807, 2.05) is 13.8 Å². The highest BCUT2D eigenvalue weighted by Crippen LogP contribution is 2.20. The number of carbonyl (C=O) groups excluding carboxylic acids is 2. The number of nitrogens with zero attached hydrogens (tertiary/aromatic N) is 1. The van der Waals surface area contributed by atoms with Crippen molar-refractivity contribution in [2.24, 2.45) is 0 Å². The van der Waals surface area contributed by atoms with Crippen molar-refractivity contribution in [1.29, 1.82) is 0 Å². The van der Waals surface area contributed by atoms with Crippen molar-refractivity contribution in [2.45, 2.75) is 32.7 Å². The maximum absolute atomic E-state index is 12.4. The molecule has 2 N–H and O–H groups in total. The van der Waals surface area contributed by atoms with Crippen LogP contribution in [0, 0.1) is 0 Å². The predicted octanol–water partition coefficient (Wildman–Crippen LogP) is 1.56. The average Bonchev–Trinajstić information content (AvgIpc) is 2.37. The van der Waals surface area contributed by atoms with Gasteiger partial charge in [-0.05, 0) is 32.4 Å². The summed E-state index contributed by atoms with van der Waals surface area (Å²) in [5, 5.41) is 11.9. The quantitative estimate of drug-likeness (QED) is 0.858. The fourth-order valence-corrected chi connectivity index (χ4v) is 1.84. The number of carbonyl (C=O) groups is 2. The highest BCUT2D eigenvalue weighted by molar-refractivity contribution is 6.04. The monoisotopic (exact) mass is 278 g/mol. The Morgan fingerprint density at radius 3 is 2.45 bits per heavy atom. The lowest BCUT2D eigenvalue weighted by molar-refractivity contribution is -0.116. The van der Waals surface area contributed by atoms with Gasteiger partial charge in [-0.15, -0.1) is 0 Å². The summed E-state index contributed by atoms with van der Waals surface area (Å²) in [6.45, 7) is 5.14. The van der Waals surface area contributed by atoms with Crippen molar-refractivity contribution in [1.82, 2.24) is 5.32 Å². The molecule has 1 rings (SSSR count). The topological polar surface area (TPSA) is 69.6 Å². The van der Waals surface area contributed by atoms with Crippen LogP contribution >= 0.6 is 0 Å². The fraction of sp³-hybridized carbons (Fsp3) is 0.467. The molecular formula is C15H22N2O3. The highest BCUT2D eigenvalue weighted by atomic mass is 16.3. The van der Waals surface area contributed by atoms with Crippen LogP contribution in [0.1, 0.15) is 37.6 Å². The minimum atomic E-state index is -0.506. The standard InChI is InChI=1S/C15H22N2O3/c1-11(19)17(4)13-8-6-5-7-12(13)14(20)16-15(2,3)9-10-18/h5-8,18H,9-10H2,1-4H3,(H,16,20). The molecule has 0 unspecified atom stereocenters. The van der Waals surface area contributed by atoms with Crippen molar-refractivity contribution in [3.63, 3.8) is 0 Å². The maximum Gasteiger partial charge on any atom is 0.253 e. The second kappa shape index (κ2) is 6.52. The Hall–Kier alpha value is -1.88. The number of amides is 2. The third-order valence-electron chi connectivity index (χ3n) is 3.17. The van der Waals surface area contributed by atoms with Crippen molar-refractivity contribution < 1.29 is 14.7 Å². The van der Waals surface area contributed by atoms with Crippen LogP contribution < -0.4 is 10.2 Å². The van der Waals surface area contributed by atoms with Gasteiger partial charge in [0.2, 0.25) is 5.91 Å². The molecule has 5 heteroatoms. The first-order valence-electron chi connectivity index (χ1n) is 6.55. The Labute approximate surface area is 119 Å². The van der Waals surface area contributed by atoms with Gasteiger partial charge in [0.25, 0.3) is 5.91 Å². The second-order valence-corrected chi connectivity index (χ2v) is 5.41. The predicted molar refractivity (Wildman–Crippen MR) is 78.8 cm³/mol. The minimum absolute atomic E-state index is 0.00226. The van der Waals surface area contributed by atoms with Crippen LogP contribution in [0.15, 0.2) is 24.3 Å². The lowest BCUT2D eigenvalue weighted by Gasteiger charge is -2.27. The zero-order valence-electron chi connectivity index (χ0n) is 12.4. The minimum Gasteiger partial charge on any atom is -0.396 e. The maximum atomic E-state index is 12.4. The van der Waals surface area contributed by atoms with Crippen LogP contribution in [0.25, 0.3) is 0 Å². The third-order valence-corrected chi connectivity index (χ3v) is 3.17. The molecule has 0 aromatic heterocycles. The Morgan fingerprint density at radius 1 is 1.30 bits per heavy atom. The highest BCUT2D eigenvalue weighted by Gasteiger charge is 2.23. The van der Waals surface area contributed by atoms with Gasteiger partial charge in [-0.3, -0.25) is 9.59 Å². The van der Waals surface area contributed by atoms with Gasteiger partial charge < -0.3 is 15.3 Å². The van der Waals surface area contributed by atoms with Gasteiger partial charge in [0, 0.05) is 26.1 Å². The Balaban J connectivity index is 3.02. The van der Waals surface area contributed by atoms with Crippen molar-refractivity contribution >= 4 is 17.5 Å². The van der Waals surface area contributed by atoms with E-state index in [4.69, 9.17) is 5.11 Å². The van der Waals surface area contributed by atoms with Crippen molar-refractivity contribution in [3.8, 4) is 0 Å². The van der Waals surface area contributed by atoms with E-state index in [1.165, 1.54) is 11.8 Å². The number of hydrogen-bond acceptors (Lipinski definition) is 3. The second-order valence-electron chi connectivity index (χ2n) is 5.41. The molecule has 0 fully saturated rings. The third kappa shape index (κ3) is 4.06. The van der Waals surface area contributed by atoms with E-state index < -0.39 is 5.54 Å². The summed E-state index contributed by atoms with van der Waals surface area (Å²) in [4.78, 5) is 25.3. The fourth-order valence-electron chi connectivity index (χ4n) is 1.84. The first kappa shape index (κ1) is 16.2. The van der Waals surface area contributed by atoms with Crippen LogP contribution in [0.4, 0.5) is 5.69 Å². The van der Waals surface area contributed by atoms with E-state index in [1.54, 1.807) is 31.3 Å². The van der Waals surface area contributed by atoms with E-state index >= 15 is 0 Å². The summed E-state index contributed by atoms with van der Waals surface area (Å²) >= 11 is 0. The molecular weight excluding hydrogens is 256 g/mol. The first-order chi connectivity index (χ1) is 9.28. The summed E-state index contributed by atoms with van der Waals surface area (Å²) in [6, 6.07) is 6.95. The molecule has 0 aliphatic carbocycles. The molecule has 20 heavy (non-hydrogen) atoms. The Bertz CT molecular complexity index is 498. The number of aliphatic hydroxyl groups is 1. The average molecular weight is 278 g/mol. The van der Waals surface area contributed by atoms with Crippen molar-refractivity contribution in [3.05, 3.63) is 29.8 Å². The molecule has 0 saturated heterocycles. The number of anilines is 1. The summed E-state index contributed by atoms with van der Waals surface area (Å²) in [7, 11) is 1.63. The van der Waals surface area contributed by atoms with E-state index in [-0.39, 0.29) is 18.4 Å². The Kier molecular flexibility index (Phi) is 5.27. The van der Waals surface area contributed by atoms with E-state index in [0.29, 0.717) is 17.7 Å². The van der Waals surface area contributed by atoms with E-state index in [9.17, 15) is 9.59 Å². The molecule has 5 nitrogen and oxygen atoms in total. The summed E-state index contributed by atoms with van der Waals surface area (Å²) in [5.74, 6) is -0.396. The van der Waals surface area contributed by atoms with Gasteiger partial charge in [0.15, 0.2) is 0 Å². The molecule has 0 atom stereocenters. The molecule has 110 valence electrons. The SMILES string of the molecule is CC(=O)N(C)c1ccccc1C(=O)NC(C)(C)CCO. The summed E-state index contributed by atoms with van der Waals surface area (Å²) in [5.41, 5.74) is 0.502. The van der Waals surface area contributed by atoms with Crippen LogP contribution in [-0.2, 0) is 4.79 Å². The molecule has 0 aliphatic rings. The largest absolute Gasteiger partial charge is 0.396 e. The Morgan fingerprint density at radius 2 is 1.90 bits per heavy atom. The van der Waals surface area contributed by atoms with Crippen molar-refractivity contribution in [2.75, 3.05) is 18.6 Å². The zero-order valence-corrected chi connectivity index (χ0v) is 12.4. The number of nitrogens with one attached hydrogen (secondary N) is 1. The molecule has 0 heterocycles. The zero-order chi connectivity index (χ0) is 15.3. The lowest BCUT2D eigenvalue weighted by Crippen LogP contribution is -2.44. The first-order valence-corrected chi connectivity index (χ1v) is 6.55. The van der Waals surface area contributed by atoms with E-state index in [2.05, 4.69) is 5.32 Å². The van der Waals surface area contributed by atoms with Gasteiger partial charge in [-0.2, -0.15) is 0 Å². The van der Waals surface area contributed by atoms with Crippen LogP contribution in [0.3, 0.4) is 0 Å². The molecule has 2 amide bonds. The molecule has 1 aromatic rings.